The van der Waals surface area contributed by atoms with Gasteiger partial charge in [0.25, 0.3) is 0 Å². The van der Waals surface area contributed by atoms with E-state index >= 15 is 0 Å². The normalized spacial score (nSPS) is 13.9. The molecule has 1 rings (SSSR count). The van der Waals surface area contributed by atoms with Crippen LogP contribution in [0.15, 0.2) is 30.3 Å². The molecule has 1 aromatic carbocycles. The van der Waals surface area contributed by atoms with Gasteiger partial charge in [0.05, 0.1) is 12.1 Å². The van der Waals surface area contributed by atoms with Crippen LogP contribution in [-0.4, -0.2) is 29.7 Å². The highest BCUT2D eigenvalue weighted by molar-refractivity contribution is 5.94. The number of hydrogen-bond donors (Lipinski definition) is 3. The fourth-order valence-electron chi connectivity index (χ4n) is 1.58. The lowest BCUT2D eigenvalue weighted by Crippen LogP contribution is -2.38. The van der Waals surface area contributed by atoms with E-state index < -0.39 is 0 Å². The van der Waals surface area contributed by atoms with Crippen molar-refractivity contribution in [3.05, 3.63) is 30.3 Å². The zero-order valence-electron chi connectivity index (χ0n) is 11.0. The molecule has 0 saturated heterocycles. The van der Waals surface area contributed by atoms with E-state index in [1.165, 1.54) is 0 Å². The number of carbonyl (C=O) groups excluding carboxylic acids is 1. The first-order valence-electron chi connectivity index (χ1n) is 6.37. The Balaban J connectivity index is 2.25. The zero-order valence-corrected chi connectivity index (χ0v) is 11.0. The molecule has 0 bridgehead atoms. The summed E-state index contributed by atoms with van der Waals surface area (Å²) in [6.45, 7) is 4.33. The molecule has 1 amide bonds. The van der Waals surface area contributed by atoms with E-state index in [9.17, 15) is 4.79 Å². The van der Waals surface area contributed by atoms with Crippen LogP contribution in [0.1, 0.15) is 26.7 Å². The number of rotatable bonds is 7. The van der Waals surface area contributed by atoms with Crippen molar-refractivity contribution in [1.82, 2.24) is 5.32 Å². The second-order valence-electron chi connectivity index (χ2n) is 4.52. The van der Waals surface area contributed by atoms with Gasteiger partial charge in [0.15, 0.2) is 0 Å². The molecule has 0 saturated carbocycles. The molecule has 0 heterocycles. The minimum Gasteiger partial charge on any atom is -0.393 e. The van der Waals surface area contributed by atoms with Gasteiger partial charge >= 0.3 is 0 Å². The van der Waals surface area contributed by atoms with Gasteiger partial charge in [0.1, 0.15) is 0 Å². The zero-order chi connectivity index (χ0) is 13.4. The Kier molecular flexibility index (Phi) is 6.39. The number of anilines is 1. The number of hydrogen-bond acceptors (Lipinski definition) is 3. The van der Waals surface area contributed by atoms with Gasteiger partial charge in [-0.3, -0.25) is 4.79 Å². The Labute approximate surface area is 108 Å². The van der Waals surface area contributed by atoms with E-state index in [0.717, 1.165) is 25.1 Å². The molecule has 0 aliphatic carbocycles. The number of amides is 1. The van der Waals surface area contributed by atoms with Crippen LogP contribution in [0, 0.1) is 0 Å². The molecule has 0 spiro atoms. The van der Waals surface area contributed by atoms with Gasteiger partial charge in [0, 0.05) is 5.69 Å². The second kappa shape index (κ2) is 7.84. The lowest BCUT2D eigenvalue weighted by Gasteiger charge is -2.14. The molecule has 0 aliphatic rings. The fourth-order valence-corrected chi connectivity index (χ4v) is 1.58. The minimum absolute atomic E-state index is 0.0433. The molecule has 0 radical (unpaired) electrons. The molecule has 1 aromatic rings. The first kappa shape index (κ1) is 14.7. The Morgan fingerprint density at radius 1 is 1.28 bits per heavy atom. The largest absolute Gasteiger partial charge is 0.393 e. The van der Waals surface area contributed by atoms with Crippen molar-refractivity contribution in [3.8, 4) is 0 Å². The van der Waals surface area contributed by atoms with Crippen LogP contribution in [0.25, 0.3) is 0 Å². The average molecular weight is 250 g/mol. The molecule has 2 unspecified atom stereocenters. The molecule has 4 heteroatoms. The van der Waals surface area contributed by atoms with Crippen molar-refractivity contribution in [2.24, 2.45) is 0 Å². The number of benzene rings is 1. The number of para-hydroxylation sites is 1. The molecule has 100 valence electrons. The summed E-state index contributed by atoms with van der Waals surface area (Å²) in [5, 5.41) is 15.1. The molecule has 0 aliphatic heterocycles. The maximum atomic E-state index is 11.8. The monoisotopic (exact) mass is 250 g/mol. The lowest BCUT2D eigenvalue weighted by atomic mass is 10.2. The maximum Gasteiger partial charge on any atom is 0.241 e. The Morgan fingerprint density at radius 3 is 2.56 bits per heavy atom. The van der Waals surface area contributed by atoms with Crippen LogP contribution in [0.2, 0.25) is 0 Å². The van der Waals surface area contributed by atoms with E-state index in [1.807, 2.05) is 37.3 Å². The molecule has 0 aromatic heterocycles. The molecule has 0 fully saturated rings. The van der Waals surface area contributed by atoms with Crippen molar-refractivity contribution < 1.29 is 9.90 Å². The Bertz CT molecular complexity index is 352. The SMILES string of the molecule is CC(O)CCCNC(C)C(=O)Nc1ccccc1. The molecule has 18 heavy (non-hydrogen) atoms. The summed E-state index contributed by atoms with van der Waals surface area (Å²) >= 11 is 0. The van der Waals surface area contributed by atoms with Crippen molar-refractivity contribution >= 4 is 11.6 Å². The van der Waals surface area contributed by atoms with E-state index in [-0.39, 0.29) is 18.1 Å². The van der Waals surface area contributed by atoms with Crippen LogP contribution in [-0.2, 0) is 4.79 Å². The predicted octanol–water partition coefficient (Wildman–Crippen LogP) is 1.76. The van der Waals surface area contributed by atoms with Crippen molar-refractivity contribution in [2.45, 2.75) is 38.8 Å². The Hall–Kier alpha value is -1.39. The predicted molar refractivity (Wildman–Crippen MR) is 73.5 cm³/mol. The molecule has 4 nitrogen and oxygen atoms in total. The first-order chi connectivity index (χ1) is 8.59. The summed E-state index contributed by atoms with van der Waals surface area (Å²) in [5.41, 5.74) is 0.806. The third kappa shape index (κ3) is 5.80. The van der Waals surface area contributed by atoms with Gasteiger partial charge in [-0.05, 0) is 45.4 Å². The number of carbonyl (C=O) groups is 1. The van der Waals surface area contributed by atoms with Gasteiger partial charge < -0.3 is 15.7 Å². The van der Waals surface area contributed by atoms with Gasteiger partial charge in [-0.25, -0.2) is 0 Å². The maximum absolute atomic E-state index is 11.8. The third-order valence-electron chi connectivity index (χ3n) is 2.68. The lowest BCUT2D eigenvalue weighted by molar-refractivity contribution is -0.117. The van der Waals surface area contributed by atoms with Gasteiger partial charge in [0.2, 0.25) is 5.91 Å². The van der Waals surface area contributed by atoms with E-state index in [0.29, 0.717) is 0 Å². The van der Waals surface area contributed by atoms with Crippen molar-refractivity contribution in [2.75, 3.05) is 11.9 Å². The summed E-state index contributed by atoms with van der Waals surface area (Å²) in [5.74, 6) is -0.0433. The van der Waals surface area contributed by atoms with E-state index in [1.54, 1.807) is 6.92 Å². The number of aliphatic hydroxyl groups is 1. The summed E-state index contributed by atoms with van der Waals surface area (Å²) in [7, 11) is 0. The summed E-state index contributed by atoms with van der Waals surface area (Å²) in [6, 6.07) is 9.16. The van der Waals surface area contributed by atoms with Crippen LogP contribution in [0.5, 0.6) is 0 Å². The number of nitrogens with one attached hydrogen (secondary N) is 2. The van der Waals surface area contributed by atoms with Gasteiger partial charge in [-0.15, -0.1) is 0 Å². The van der Waals surface area contributed by atoms with Crippen LogP contribution < -0.4 is 10.6 Å². The highest BCUT2D eigenvalue weighted by Gasteiger charge is 2.11. The summed E-state index contributed by atoms with van der Waals surface area (Å²) in [4.78, 5) is 11.8. The number of aliphatic hydroxyl groups excluding tert-OH is 1. The Morgan fingerprint density at radius 2 is 1.94 bits per heavy atom. The van der Waals surface area contributed by atoms with Crippen molar-refractivity contribution in [3.63, 3.8) is 0 Å². The summed E-state index contributed by atoms with van der Waals surface area (Å²) < 4.78 is 0. The topological polar surface area (TPSA) is 61.4 Å². The highest BCUT2D eigenvalue weighted by atomic mass is 16.3. The third-order valence-corrected chi connectivity index (χ3v) is 2.68. The van der Waals surface area contributed by atoms with Crippen LogP contribution in [0.4, 0.5) is 5.69 Å². The molecular weight excluding hydrogens is 228 g/mol. The average Bonchev–Trinajstić information content (AvgIpc) is 2.35. The standard InChI is InChI=1S/C14H22N2O2/c1-11(17)7-6-10-15-12(2)14(18)16-13-8-4-3-5-9-13/h3-5,8-9,11-12,15,17H,6-7,10H2,1-2H3,(H,16,18). The minimum atomic E-state index is -0.278. The quantitative estimate of drug-likeness (QED) is 0.646. The molecular formula is C14H22N2O2. The van der Waals surface area contributed by atoms with Crippen LogP contribution in [0.3, 0.4) is 0 Å². The van der Waals surface area contributed by atoms with Gasteiger partial charge in [-0.2, -0.15) is 0 Å². The van der Waals surface area contributed by atoms with E-state index in [2.05, 4.69) is 10.6 Å². The van der Waals surface area contributed by atoms with Crippen molar-refractivity contribution in [1.29, 1.82) is 0 Å². The smallest absolute Gasteiger partial charge is 0.241 e. The first-order valence-corrected chi connectivity index (χ1v) is 6.37. The summed E-state index contributed by atoms with van der Waals surface area (Å²) in [6.07, 6.45) is 1.33. The molecule has 2 atom stereocenters. The fraction of sp³-hybridized carbons (Fsp3) is 0.500. The highest BCUT2D eigenvalue weighted by Crippen LogP contribution is 2.05. The van der Waals surface area contributed by atoms with E-state index in [4.69, 9.17) is 5.11 Å². The van der Waals surface area contributed by atoms with Gasteiger partial charge in [-0.1, -0.05) is 18.2 Å². The molecule has 3 N–H and O–H groups in total. The van der Waals surface area contributed by atoms with Crippen LogP contribution >= 0.6 is 0 Å². The second-order valence-corrected chi connectivity index (χ2v) is 4.52.